The van der Waals surface area contributed by atoms with Gasteiger partial charge in [-0.1, -0.05) is 13.0 Å². The summed E-state index contributed by atoms with van der Waals surface area (Å²) in [6.07, 6.45) is 0.0902. The zero-order valence-corrected chi connectivity index (χ0v) is 12.5. The van der Waals surface area contributed by atoms with E-state index in [1.54, 1.807) is 13.0 Å². The van der Waals surface area contributed by atoms with Crippen LogP contribution in [0.15, 0.2) is 18.2 Å². The number of hydrogen-bond donors (Lipinski definition) is 2. The molecule has 1 atom stereocenters. The lowest BCUT2D eigenvalue weighted by Crippen LogP contribution is -2.48. The molecule has 5 heteroatoms. The first-order chi connectivity index (χ1) is 9.30. The molecular weight excluding hydrogens is 259 g/mol. The SMILES string of the molecule is CCC(C)(C)NC(=O)C(C)Oc1cccc(F)c1CN. The number of nitrogens with two attached hydrogens (primary N) is 1. The first-order valence-electron chi connectivity index (χ1n) is 6.77. The van der Waals surface area contributed by atoms with Gasteiger partial charge in [0.1, 0.15) is 11.6 Å². The van der Waals surface area contributed by atoms with Crippen molar-refractivity contribution >= 4 is 5.91 Å². The van der Waals surface area contributed by atoms with Crippen molar-refractivity contribution in [2.45, 2.75) is 52.3 Å². The summed E-state index contributed by atoms with van der Waals surface area (Å²) in [6.45, 7) is 7.52. The van der Waals surface area contributed by atoms with Crippen molar-refractivity contribution in [2.24, 2.45) is 5.73 Å². The maximum Gasteiger partial charge on any atom is 0.261 e. The minimum Gasteiger partial charge on any atom is -0.480 e. The molecule has 1 aromatic rings. The second-order valence-electron chi connectivity index (χ2n) is 5.41. The van der Waals surface area contributed by atoms with E-state index in [1.165, 1.54) is 12.1 Å². The molecule has 0 saturated carbocycles. The molecule has 3 N–H and O–H groups in total. The zero-order chi connectivity index (χ0) is 15.3. The van der Waals surface area contributed by atoms with Gasteiger partial charge >= 0.3 is 0 Å². The summed E-state index contributed by atoms with van der Waals surface area (Å²) in [7, 11) is 0. The Labute approximate surface area is 119 Å². The molecular formula is C15H23FN2O2. The number of halogens is 1. The van der Waals surface area contributed by atoms with Gasteiger partial charge in [-0.2, -0.15) is 0 Å². The summed E-state index contributed by atoms with van der Waals surface area (Å²) < 4.78 is 19.1. The fourth-order valence-corrected chi connectivity index (χ4v) is 1.61. The Hall–Kier alpha value is -1.62. The molecule has 0 bridgehead atoms. The zero-order valence-electron chi connectivity index (χ0n) is 12.5. The number of ether oxygens (including phenoxy) is 1. The lowest BCUT2D eigenvalue weighted by atomic mass is 10.0. The topological polar surface area (TPSA) is 64.3 Å². The number of carbonyl (C=O) groups is 1. The molecule has 0 aromatic heterocycles. The van der Waals surface area contributed by atoms with Crippen LogP contribution in [0.1, 0.15) is 39.7 Å². The van der Waals surface area contributed by atoms with Crippen molar-refractivity contribution in [3.05, 3.63) is 29.6 Å². The molecule has 0 aliphatic heterocycles. The predicted molar refractivity (Wildman–Crippen MR) is 76.9 cm³/mol. The van der Waals surface area contributed by atoms with Crippen molar-refractivity contribution in [1.82, 2.24) is 5.32 Å². The number of nitrogens with one attached hydrogen (secondary N) is 1. The molecule has 0 aliphatic rings. The highest BCUT2D eigenvalue weighted by molar-refractivity contribution is 5.81. The largest absolute Gasteiger partial charge is 0.480 e. The van der Waals surface area contributed by atoms with E-state index < -0.39 is 11.9 Å². The first-order valence-corrected chi connectivity index (χ1v) is 6.77. The molecule has 1 rings (SSSR count). The van der Waals surface area contributed by atoms with Gasteiger partial charge in [0.25, 0.3) is 5.91 Å². The fraction of sp³-hybridized carbons (Fsp3) is 0.533. The number of hydrogen-bond acceptors (Lipinski definition) is 3. The van der Waals surface area contributed by atoms with Crippen molar-refractivity contribution in [3.63, 3.8) is 0 Å². The quantitative estimate of drug-likeness (QED) is 0.842. The first kappa shape index (κ1) is 16.4. The average Bonchev–Trinajstić information content (AvgIpc) is 2.38. The van der Waals surface area contributed by atoms with Gasteiger partial charge in [0.15, 0.2) is 6.10 Å². The van der Waals surface area contributed by atoms with Gasteiger partial charge in [-0.15, -0.1) is 0 Å². The molecule has 0 heterocycles. The highest BCUT2D eigenvalue weighted by Crippen LogP contribution is 2.22. The van der Waals surface area contributed by atoms with Gasteiger partial charge < -0.3 is 15.8 Å². The van der Waals surface area contributed by atoms with E-state index in [0.29, 0.717) is 5.75 Å². The van der Waals surface area contributed by atoms with E-state index in [0.717, 1.165) is 6.42 Å². The Morgan fingerprint density at radius 1 is 1.50 bits per heavy atom. The van der Waals surface area contributed by atoms with Gasteiger partial charge in [-0.25, -0.2) is 4.39 Å². The van der Waals surface area contributed by atoms with Crippen LogP contribution in [0.5, 0.6) is 5.75 Å². The van der Waals surface area contributed by atoms with Gasteiger partial charge in [-0.3, -0.25) is 4.79 Å². The number of rotatable bonds is 6. The molecule has 4 nitrogen and oxygen atoms in total. The lowest BCUT2D eigenvalue weighted by Gasteiger charge is -2.27. The summed E-state index contributed by atoms with van der Waals surface area (Å²) in [5.41, 5.74) is 5.49. The van der Waals surface area contributed by atoms with Crippen LogP contribution in [-0.4, -0.2) is 17.6 Å². The number of benzene rings is 1. The van der Waals surface area contributed by atoms with Crippen LogP contribution in [0.25, 0.3) is 0 Å². The monoisotopic (exact) mass is 282 g/mol. The van der Waals surface area contributed by atoms with Crippen molar-refractivity contribution < 1.29 is 13.9 Å². The second kappa shape index (κ2) is 6.70. The Morgan fingerprint density at radius 3 is 2.70 bits per heavy atom. The van der Waals surface area contributed by atoms with Crippen LogP contribution in [0.3, 0.4) is 0 Å². The summed E-state index contributed by atoms with van der Waals surface area (Å²) in [5.74, 6) is -0.347. The summed E-state index contributed by atoms with van der Waals surface area (Å²) in [6, 6.07) is 4.46. The van der Waals surface area contributed by atoms with E-state index in [-0.39, 0.29) is 23.6 Å². The van der Waals surface area contributed by atoms with Gasteiger partial charge in [0.2, 0.25) is 0 Å². The highest BCUT2D eigenvalue weighted by Gasteiger charge is 2.23. The van der Waals surface area contributed by atoms with Crippen LogP contribution in [0, 0.1) is 5.82 Å². The second-order valence-corrected chi connectivity index (χ2v) is 5.41. The van der Waals surface area contributed by atoms with Gasteiger partial charge in [0, 0.05) is 17.6 Å². The molecule has 1 amide bonds. The van der Waals surface area contributed by atoms with Crippen molar-refractivity contribution in [3.8, 4) is 5.75 Å². The molecule has 0 fully saturated rings. The highest BCUT2D eigenvalue weighted by atomic mass is 19.1. The minimum absolute atomic E-state index is 0.0246. The Morgan fingerprint density at radius 2 is 2.15 bits per heavy atom. The predicted octanol–water partition coefficient (Wildman–Crippen LogP) is 2.36. The third-order valence-corrected chi connectivity index (χ3v) is 3.30. The molecule has 0 spiro atoms. The maximum absolute atomic E-state index is 13.6. The van der Waals surface area contributed by atoms with Crippen molar-refractivity contribution in [2.75, 3.05) is 0 Å². The molecule has 20 heavy (non-hydrogen) atoms. The number of carbonyl (C=O) groups excluding carboxylic acids is 1. The minimum atomic E-state index is -0.715. The van der Waals surface area contributed by atoms with E-state index in [4.69, 9.17) is 10.5 Å². The van der Waals surface area contributed by atoms with Crippen LogP contribution in [0.2, 0.25) is 0 Å². The Kier molecular flexibility index (Phi) is 5.51. The maximum atomic E-state index is 13.6. The van der Waals surface area contributed by atoms with Gasteiger partial charge in [-0.05, 0) is 39.3 Å². The standard InChI is InChI=1S/C15H23FN2O2/c1-5-15(3,4)18-14(19)10(2)20-13-8-6-7-12(16)11(13)9-17/h6-8,10H,5,9,17H2,1-4H3,(H,18,19). The van der Waals surface area contributed by atoms with E-state index in [9.17, 15) is 9.18 Å². The molecule has 1 unspecified atom stereocenters. The lowest BCUT2D eigenvalue weighted by molar-refractivity contribution is -0.129. The summed E-state index contributed by atoms with van der Waals surface area (Å²) in [4.78, 5) is 12.0. The van der Waals surface area contributed by atoms with E-state index >= 15 is 0 Å². The third-order valence-electron chi connectivity index (χ3n) is 3.30. The number of amides is 1. The molecule has 0 saturated heterocycles. The van der Waals surface area contributed by atoms with Gasteiger partial charge in [0.05, 0.1) is 0 Å². The Balaban J connectivity index is 2.78. The fourth-order valence-electron chi connectivity index (χ4n) is 1.61. The normalized spacial score (nSPS) is 12.9. The summed E-state index contributed by atoms with van der Waals surface area (Å²) >= 11 is 0. The van der Waals surface area contributed by atoms with E-state index in [1.807, 2.05) is 20.8 Å². The Bertz CT molecular complexity index is 475. The van der Waals surface area contributed by atoms with E-state index in [2.05, 4.69) is 5.32 Å². The molecule has 0 radical (unpaired) electrons. The third kappa shape index (κ3) is 4.20. The van der Waals surface area contributed by atoms with Crippen molar-refractivity contribution in [1.29, 1.82) is 0 Å². The van der Waals surface area contributed by atoms with Crippen LogP contribution < -0.4 is 15.8 Å². The van der Waals surface area contributed by atoms with Crippen LogP contribution in [-0.2, 0) is 11.3 Å². The molecule has 1 aromatic carbocycles. The van der Waals surface area contributed by atoms with Crippen LogP contribution >= 0.6 is 0 Å². The molecule has 0 aliphatic carbocycles. The molecule has 112 valence electrons. The van der Waals surface area contributed by atoms with Crippen LogP contribution in [0.4, 0.5) is 4.39 Å². The smallest absolute Gasteiger partial charge is 0.261 e. The summed E-state index contributed by atoms with van der Waals surface area (Å²) in [5, 5.41) is 2.89. The average molecular weight is 282 g/mol.